The Morgan fingerprint density at radius 2 is 1.49 bits per heavy atom. The molecule has 45 heavy (non-hydrogen) atoms. The van der Waals surface area contributed by atoms with E-state index in [0.29, 0.717) is 11.1 Å². The summed E-state index contributed by atoms with van der Waals surface area (Å²) in [6, 6.07) is 29.0. The number of H-pyrrole nitrogens is 1. The molecule has 1 heterocycles. The minimum atomic E-state index is -1.38. The van der Waals surface area contributed by atoms with Crippen molar-refractivity contribution in [2.24, 2.45) is 0 Å². The third-order valence-corrected chi connectivity index (χ3v) is 7.13. The highest BCUT2D eigenvalue weighted by atomic mass is 16.5. The Kier molecular flexibility index (Phi) is 9.44. The number of carboxylic acid groups (broad SMARTS) is 1. The molecule has 5 rings (SSSR count). The van der Waals surface area contributed by atoms with E-state index >= 15 is 0 Å². The second kappa shape index (κ2) is 14.0. The molecule has 1 aromatic heterocycles. The molecule has 0 spiro atoms. The number of amides is 2. The van der Waals surface area contributed by atoms with E-state index in [-0.39, 0.29) is 30.5 Å². The second-order valence-electron chi connectivity index (χ2n) is 10.2. The lowest BCUT2D eigenvalue weighted by Crippen LogP contribution is -2.44. The Morgan fingerprint density at radius 3 is 2.18 bits per heavy atom. The summed E-state index contributed by atoms with van der Waals surface area (Å²) in [4.78, 5) is 66.1. The number of rotatable bonds is 11. The van der Waals surface area contributed by atoms with Crippen molar-refractivity contribution in [3.05, 3.63) is 136 Å². The first-order valence-electron chi connectivity index (χ1n) is 14.1. The zero-order valence-electron chi connectivity index (χ0n) is 24.0. The van der Waals surface area contributed by atoms with Crippen LogP contribution < -0.4 is 16.1 Å². The fraction of sp³-hybridized carbons (Fsp3) is 0.114. The average molecular weight is 604 g/mol. The smallest absolute Gasteiger partial charge is 0.341 e. The summed E-state index contributed by atoms with van der Waals surface area (Å²) in [6.45, 7) is 0.0701. The van der Waals surface area contributed by atoms with Crippen LogP contribution in [0.5, 0.6) is 0 Å². The Bertz CT molecular complexity index is 1900. The van der Waals surface area contributed by atoms with Gasteiger partial charge in [-0.1, -0.05) is 72.8 Å². The number of hydrogen-bond donors (Lipinski definition) is 4. The molecular weight excluding hydrogens is 574 g/mol. The monoisotopic (exact) mass is 603 g/mol. The molecule has 0 fully saturated rings. The number of nitrogens with one attached hydrogen (secondary N) is 3. The van der Waals surface area contributed by atoms with E-state index in [1.807, 2.05) is 60.7 Å². The van der Waals surface area contributed by atoms with Crippen LogP contribution >= 0.6 is 0 Å². The van der Waals surface area contributed by atoms with E-state index in [1.54, 1.807) is 24.3 Å². The van der Waals surface area contributed by atoms with Gasteiger partial charge in [0.2, 0.25) is 11.3 Å². The number of esters is 1. The van der Waals surface area contributed by atoms with Gasteiger partial charge < -0.3 is 25.5 Å². The predicted octanol–water partition coefficient (Wildman–Crippen LogP) is 5.15. The number of pyridine rings is 1. The van der Waals surface area contributed by atoms with Gasteiger partial charge in [-0.3, -0.25) is 19.2 Å². The molecule has 10 heteroatoms. The molecule has 0 saturated heterocycles. The summed E-state index contributed by atoms with van der Waals surface area (Å²) in [5.74, 6) is -3.08. The van der Waals surface area contributed by atoms with Gasteiger partial charge in [-0.15, -0.1) is 0 Å². The highest BCUT2D eigenvalue weighted by Crippen LogP contribution is 2.20. The predicted molar refractivity (Wildman–Crippen MR) is 169 cm³/mol. The zero-order valence-corrected chi connectivity index (χ0v) is 24.0. The minimum Gasteiger partial charge on any atom is -0.477 e. The number of aromatic nitrogens is 1. The molecule has 4 N–H and O–H groups in total. The number of fused-ring (bicyclic) bond motifs is 1. The molecule has 0 aliphatic heterocycles. The Morgan fingerprint density at radius 1 is 0.822 bits per heavy atom. The maximum absolute atomic E-state index is 13.4. The van der Waals surface area contributed by atoms with Crippen molar-refractivity contribution in [2.75, 3.05) is 5.32 Å². The molecule has 5 aromatic rings. The van der Waals surface area contributed by atoms with Gasteiger partial charge in [-0.2, -0.15) is 0 Å². The summed E-state index contributed by atoms with van der Waals surface area (Å²) in [7, 11) is 0. The largest absolute Gasteiger partial charge is 0.477 e. The van der Waals surface area contributed by atoms with Crippen molar-refractivity contribution in [2.45, 2.75) is 25.5 Å². The van der Waals surface area contributed by atoms with Gasteiger partial charge in [0.1, 0.15) is 18.2 Å². The third-order valence-electron chi connectivity index (χ3n) is 7.13. The SMILES string of the molecule is O=C(CC[C@H](NC(=O)c1ccc(-c2ccccc2)cc1)C(=O)Nc1ccc2[nH]cc(C(=O)O)c(=O)c2c1)OCc1ccccc1. The number of ether oxygens (including phenoxy) is 1. The molecule has 0 saturated carbocycles. The van der Waals surface area contributed by atoms with Crippen LogP contribution in [0.1, 0.15) is 39.1 Å². The quantitative estimate of drug-likeness (QED) is 0.152. The van der Waals surface area contributed by atoms with Gasteiger partial charge in [0, 0.05) is 34.8 Å². The number of carboxylic acids is 1. The van der Waals surface area contributed by atoms with Crippen LogP contribution in [0.2, 0.25) is 0 Å². The van der Waals surface area contributed by atoms with Crippen LogP contribution in [0.15, 0.2) is 114 Å². The summed E-state index contributed by atoms with van der Waals surface area (Å²) >= 11 is 0. The Balaban J connectivity index is 1.32. The summed E-state index contributed by atoms with van der Waals surface area (Å²) in [5.41, 5.74) is 2.47. The van der Waals surface area contributed by atoms with Crippen LogP contribution in [0.3, 0.4) is 0 Å². The molecule has 4 aromatic carbocycles. The van der Waals surface area contributed by atoms with Crippen LogP contribution in [0, 0.1) is 0 Å². The molecular formula is C35H29N3O7. The number of carbonyl (C=O) groups excluding carboxylic acids is 3. The third kappa shape index (κ3) is 7.68. The van der Waals surface area contributed by atoms with Crippen molar-refractivity contribution in [3.63, 3.8) is 0 Å². The van der Waals surface area contributed by atoms with E-state index in [0.717, 1.165) is 22.9 Å². The number of aromatic amines is 1. The van der Waals surface area contributed by atoms with E-state index in [9.17, 15) is 29.1 Å². The lowest BCUT2D eigenvalue weighted by atomic mass is 10.0. The van der Waals surface area contributed by atoms with Crippen molar-refractivity contribution >= 4 is 40.3 Å². The second-order valence-corrected chi connectivity index (χ2v) is 10.2. The zero-order chi connectivity index (χ0) is 31.8. The summed E-state index contributed by atoms with van der Waals surface area (Å²) in [5, 5.41) is 14.8. The van der Waals surface area contributed by atoms with Gasteiger partial charge in [0.25, 0.3) is 5.91 Å². The van der Waals surface area contributed by atoms with Crippen molar-refractivity contribution in [1.82, 2.24) is 10.3 Å². The fourth-order valence-corrected chi connectivity index (χ4v) is 4.71. The van der Waals surface area contributed by atoms with Gasteiger partial charge in [-0.25, -0.2) is 4.79 Å². The molecule has 10 nitrogen and oxygen atoms in total. The molecule has 2 amide bonds. The van der Waals surface area contributed by atoms with Gasteiger partial charge >= 0.3 is 11.9 Å². The minimum absolute atomic E-state index is 0.0649. The van der Waals surface area contributed by atoms with Crippen LogP contribution in [0.25, 0.3) is 22.0 Å². The maximum atomic E-state index is 13.4. The van der Waals surface area contributed by atoms with Crippen LogP contribution in [0.4, 0.5) is 5.69 Å². The van der Waals surface area contributed by atoms with Crippen LogP contribution in [-0.4, -0.2) is 39.9 Å². The molecule has 0 aliphatic carbocycles. The first-order chi connectivity index (χ1) is 21.8. The molecule has 0 radical (unpaired) electrons. The van der Waals surface area contributed by atoms with Crippen molar-refractivity contribution in [3.8, 4) is 11.1 Å². The number of carbonyl (C=O) groups is 4. The highest BCUT2D eigenvalue weighted by Gasteiger charge is 2.24. The summed E-state index contributed by atoms with van der Waals surface area (Å²) < 4.78 is 5.34. The number of hydrogen-bond acceptors (Lipinski definition) is 6. The lowest BCUT2D eigenvalue weighted by Gasteiger charge is -2.19. The van der Waals surface area contributed by atoms with E-state index in [4.69, 9.17) is 4.74 Å². The van der Waals surface area contributed by atoms with Gasteiger partial charge in [0.05, 0.1) is 0 Å². The molecule has 0 unspecified atom stereocenters. The van der Waals surface area contributed by atoms with E-state index < -0.39 is 40.8 Å². The van der Waals surface area contributed by atoms with Crippen molar-refractivity contribution in [1.29, 1.82) is 0 Å². The van der Waals surface area contributed by atoms with Crippen LogP contribution in [-0.2, 0) is 20.9 Å². The first-order valence-corrected chi connectivity index (χ1v) is 14.1. The number of anilines is 1. The first kappa shape index (κ1) is 30.4. The normalized spacial score (nSPS) is 11.4. The fourth-order valence-electron chi connectivity index (χ4n) is 4.71. The molecule has 0 aliphatic rings. The van der Waals surface area contributed by atoms with E-state index in [2.05, 4.69) is 15.6 Å². The van der Waals surface area contributed by atoms with Crippen molar-refractivity contribution < 1.29 is 29.0 Å². The van der Waals surface area contributed by atoms with Gasteiger partial charge in [-0.05, 0) is 53.4 Å². The Hall–Kier alpha value is -6.03. The topological polar surface area (TPSA) is 155 Å². The molecule has 1 atom stereocenters. The average Bonchev–Trinajstić information content (AvgIpc) is 3.06. The Labute approximate surface area is 257 Å². The number of aromatic carboxylic acids is 1. The van der Waals surface area contributed by atoms with Gasteiger partial charge in [0.15, 0.2) is 0 Å². The highest BCUT2D eigenvalue weighted by molar-refractivity contribution is 6.02. The standard InChI is InChI=1S/C35H29N3O7/c39-31(45-21-22-7-3-1-4-8-22)18-17-30(38-33(41)25-13-11-24(12-14-25)23-9-5-2-6-10-23)34(42)37-26-15-16-29-27(19-26)32(40)28(20-36-29)35(43)44/h1-16,19-20,30H,17-18,21H2,(H,36,40)(H,37,42)(H,38,41)(H,43,44)/t30-/m0/s1. The molecule has 226 valence electrons. The summed E-state index contributed by atoms with van der Waals surface area (Å²) in [6.07, 6.45) is 0.891. The van der Waals surface area contributed by atoms with E-state index in [1.165, 1.54) is 18.2 Å². The lowest BCUT2D eigenvalue weighted by molar-refractivity contribution is -0.145. The number of benzene rings is 4. The molecule has 0 bridgehead atoms. The maximum Gasteiger partial charge on any atom is 0.341 e.